The Morgan fingerprint density at radius 2 is 2.25 bits per heavy atom. The number of nitrogens with two attached hydrogens (primary N) is 1. The first-order valence-electron chi connectivity index (χ1n) is 3.31. The molecule has 1 nitrogen and oxygen atoms in total. The van der Waals surface area contributed by atoms with E-state index in [1.807, 2.05) is 11.4 Å². The molecule has 62 valence electrons. The van der Waals surface area contributed by atoms with Crippen LogP contribution in [0.1, 0.15) is 0 Å². The van der Waals surface area contributed by atoms with Crippen LogP contribution in [0, 0.1) is 5.82 Å². The van der Waals surface area contributed by atoms with Crippen molar-refractivity contribution in [2.24, 2.45) is 0 Å². The van der Waals surface area contributed by atoms with Crippen LogP contribution in [0.25, 0.3) is 10.1 Å². The minimum absolute atomic E-state index is 0.228. The second-order valence-electron chi connectivity index (χ2n) is 2.42. The molecule has 0 fully saturated rings. The molecule has 0 spiro atoms. The Morgan fingerprint density at radius 3 is 3.00 bits per heavy atom. The number of fused-ring (bicyclic) bond motifs is 1. The number of hydrogen-bond donors (Lipinski definition) is 1. The molecule has 0 aliphatic heterocycles. The Labute approximate surface area is 81.1 Å². The van der Waals surface area contributed by atoms with Crippen molar-refractivity contribution in [3.63, 3.8) is 0 Å². The summed E-state index contributed by atoms with van der Waals surface area (Å²) in [6, 6.07) is 3.41. The molecule has 4 heteroatoms. The average Bonchev–Trinajstić information content (AvgIpc) is 2.48. The maximum absolute atomic E-state index is 13.3. The van der Waals surface area contributed by atoms with E-state index in [1.165, 1.54) is 11.3 Å². The molecule has 0 atom stereocenters. The first kappa shape index (κ1) is 8.01. The van der Waals surface area contributed by atoms with Gasteiger partial charge >= 0.3 is 0 Å². The van der Waals surface area contributed by atoms with E-state index in [-0.39, 0.29) is 5.82 Å². The van der Waals surface area contributed by atoms with Gasteiger partial charge in [-0.3, -0.25) is 0 Å². The van der Waals surface area contributed by atoms with E-state index >= 15 is 0 Å². The van der Waals surface area contributed by atoms with Crippen LogP contribution in [0.3, 0.4) is 0 Å². The summed E-state index contributed by atoms with van der Waals surface area (Å²) in [6.07, 6.45) is 0. The zero-order chi connectivity index (χ0) is 8.72. The van der Waals surface area contributed by atoms with Crippen LogP contribution in [0.5, 0.6) is 0 Å². The van der Waals surface area contributed by atoms with Gasteiger partial charge in [0.1, 0.15) is 0 Å². The zero-order valence-electron chi connectivity index (χ0n) is 5.97. The van der Waals surface area contributed by atoms with E-state index in [0.717, 1.165) is 5.39 Å². The lowest BCUT2D eigenvalue weighted by molar-refractivity contribution is 0.635. The maximum Gasteiger partial charge on any atom is 0.155 e. The third-order valence-corrected chi connectivity index (χ3v) is 3.15. The summed E-state index contributed by atoms with van der Waals surface area (Å²) in [5.41, 5.74) is 6.29. The average molecular weight is 246 g/mol. The van der Waals surface area contributed by atoms with Gasteiger partial charge in [-0.15, -0.1) is 11.3 Å². The third kappa shape index (κ3) is 1.03. The van der Waals surface area contributed by atoms with Gasteiger partial charge in [0, 0.05) is 11.1 Å². The van der Waals surface area contributed by atoms with Gasteiger partial charge in [-0.25, -0.2) is 4.39 Å². The molecule has 2 N–H and O–H groups in total. The molecule has 0 radical (unpaired) electrons. The number of halogens is 2. The van der Waals surface area contributed by atoms with Crippen LogP contribution in [-0.2, 0) is 0 Å². The number of benzene rings is 1. The number of rotatable bonds is 0. The molecule has 0 aliphatic carbocycles. The molecule has 0 aliphatic rings. The lowest BCUT2D eigenvalue weighted by Crippen LogP contribution is -1.87. The van der Waals surface area contributed by atoms with Gasteiger partial charge < -0.3 is 5.73 Å². The second-order valence-corrected chi connectivity index (χ2v) is 4.20. The molecule has 2 aromatic rings. The van der Waals surface area contributed by atoms with Crippen LogP contribution in [-0.4, -0.2) is 0 Å². The summed E-state index contributed by atoms with van der Waals surface area (Å²) >= 11 is 4.46. The maximum atomic E-state index is 13.3. The molecule has 0 bridgehead atoms. The Hall–Kier alpha value is -0.610. The first-order chi connectivity index (χ1) is 5.70. The van der Waals surface area contributed by atoms with E-state index in [0.29, 0.717) is 14.9 Å². The minimum atomic E-state index is -0.228. The highest BCUT2D eigenvalue weighted by atomic mass is 79.9. The van der Waals surface area contributed by atoms with E-state index in [2.05, 4.69) is 15.9 Å². The van der Waals surface area contributed by atoms with Crippen LogP contribution in [0.15, 0.2) is 22.0 Å². The standard InChI is InChI=1S/C8H5BrFNS/c9-5-3-6(11)4-1-2-12-8(4)7(5)10/h1-3H,11H2. The summed E-state index contributed by atoms with van der Waals surface area (Å²) in [4.78, 5) is 0. The van der Waals surface area contributed by atoms with Crippen molar-refractivity contribution in [2.75, 3.05) is 5.73 Å². The topological polar surface area (TPSA) is 26.0 Å². The SMILES string of the molecule is Nc1cc(Br)c(F)c2sccc12. The van der Waals surface area contributed by atoms with Crippen molar-refractivity contribution in [3.8, 4) is 0 Å². The van der Waals surface area contributed by atoms with Crippen molar-refractivity contribution < 1.29 is 4.39 Å². The number of nitrogen functional groups attached to an aromatic ring is 1. The van der Waals surface area contributed by atoms with Gasteiger partial charge in [0.05, 0.1) is 9.17 Å². The molecule has 1 aromatic carbocycles. The van der Waals surface area contributed by atoms with Gasteiger partial charge in [-0.1, -0.05) is 0 Å². The van der Waals surface area contributed by atoms with Gasteiger partial charge in [-0.2, -0.15) is 0 Å². The molecule has 0 saturated heterocycles. The lowest BCUT2D eigenvalue weighted by Gasteiger charge is -1.99. The highest BCUT2D eigenvalue weighted by molar-refractivity contribution is 9.10. The fourth-order valence-corrected chi connectivity index (χ4v) is 2.54. The Bertz CT molecular complexity index is 438. The van der Waals surface area contributed by atoms with Crippen LogP contribution in [0.2, 0.25) is 0 Å². The predicted molar refractivity (Wildman–Crippen MR) is 53.9 cm³/mol. The summed E-state index contributed by atoms with van der Waals surface area (Å²) in [5, 5.41) is 2.62. The monoisotopic (exact) mass is 245 g/mol. The first-order valence-corrected chi connectivity index (χ1v) is 4.98. The molecule has 2 rings (SSSR count). The van der Waals surface area contributed by atoms with Crippen molar-refractivity contribution in [1.82, 2.24) is 0 Å². The number of thiophene rings is 1. The number of anilines is 1. The molecule has 0 unspecified atom stereocenters. The zero-order valence-corrected chi connectivity index (χ0v) is 8.38. The van der Waals surface area contributed by atoms with Gasteiger partial charge in [0.2, 0.25) is 0 Å². The van der Waals surface area contributed by atoms with Crippen LogP contribution < -0.4 is 5.73 Å². The van der Waals surface area contributed by atoms with Crippen molar-refractivity contribution in [3.05, 3.63) is 27.8 Å². The largest absolute Gasteiger partial charge is 0.398 e. The predicted octanol–water partition coefficient (Wildman–Crippen LogP) is 3.39. The molecular weight excluding hydrogens is 241 g/mol. The van der Waals surface area contributed by atoms with E-state index in [9.17, 15) is 4.39 Å². The molecule has 12 heavy (non-hydrogen) atoms. The van der Waals surface area contributed by atoms with E-state index in [4.69, 9.17) is 5.73 Å². The Kier molecular flexibility index (Phi) is 1.81. The Morgan fingerprint density at radius 1 is 1.50 bits per heavy atom. The third-order valence-electron chi connectivity index (χ3n) is 1.67. The molecule has 0 amide bonds. The molecule has 1 heterocycles. The van der Waals surface area contributed by atoms with Crippen molar-refractivity contribution in [2.45, 2.75) is 0 Å². The molecule has 1 aromatic heterocycles. The quantitative estimate of drug-likeness (QED) is 0.708. The van der Waals surface area contributed by atoms with Crippen LogP contribution >= 0.6 is 27.3 Å². The highest BCUT2D eigenvalue weighted by Crippen LogP contribution is 2.33. The fraction of sp³-hybridized carbons (Fsp3) is 0. The molecular formula is C8H5BrFNS. The van der Waals surface area contributed by atoms with Gasteiger partial charge in [0.15, 0.2) is 5.82 Å². The Balaban J connectivity index is 2.97. The van der Waals surface area contributed by atoms with Gasteiger partial charge in [0.25, 0.3) is 0 Å². The summed E-state index contributed by atoms with van der Waals surface area (Å²) in [5.74, 6) is -0.228. The van der Waals surface area contributed by atoms with E-state index < -0.39 is 0 Å². The smallest absolute Gasteiger partial charge is 0.155 e. The highest BCUT2D eigenvalue weighted by Gasteiger charge is 2.08. The summed E-state index contributed by atoms with van der Waals surface area (Å²) in [7, 11) is 0. The van der Waals surface area contributed by atoms with Gasteiger partial charge in [-0.05, 0) is 33.4 Å². The summed E-state index contributed by atoms with van der Waals surface area (Å²) < 4.78 is 14.4. The van der Waals surface area contributed by atoms with Crippen molar-refractivity contribution >= 4 is 43.0 Å². The van der Waals surface area contributed by atoms with E-state index in [1.54, 1.807) is 6.07 Å². The summed E-state index contributed by atoms with van der Waals surface area (Å²) in [6.45, 7) is 0. The normalized spacial score (nSPS) is 10.8. The van der Waals surface area contributed by atoms with Crippen molar-refractivity contribution in [1.29, 1.82) is 0 Å². The second kappa shape index (κ2) is 2.71. The fourth-order valence-electron chi connectivity index (χ4n) is 1.09. The molecule has 0 saturated carbocycles. The lowest BCUT2D eigenvalue weighted by atomic mass is 10.2. The van der Waals surface area contributed by atoms with Crippen LogP contribution in [0.4, 0.5) is 10.1 Å². The minimum Gasteiger partial charge on any atom is -0.398 e. The number of hydrogen-bond acceptors (Lipinski definition) is 2.